The van der Waals surface area contributed by atoms with Crippen LogP contribution in [0.3, 0.4) is 0 Å². The molecule has 2 rings (SSSR count). The highest BCUT2D eigenvalue weighted by molar-refractivity contribution is 5.46. The van der Waals surface area contributed by atoms with Gasteiger partial charge in [0, 0.05) is 12.2 Å². The summed E-state index contributed by atoms with van der Waals surface area (Å²) in [4.78, 5) is 0. The van der Waals surface area contributed by atoms with E-state index in [1.807, 2.05) is 50.2 Å². The van der Waals surface area contributed by atoms with Crippen molar-refractivity contribution in [3.05, 3.63) is 59.7 Å². The zero-order chi connectivity index (χ0) is 15.1. The standard InChI is InChI=1S/C18H20N2O/c1-14(2)21-18-5-3-4-16(12-18)13-20-17-8-6-15(7-9-17)10-11-19/h3-9,12,14,20H,10,13H2,1-2H3. The van der Waals surface area contributed by atoms with Crippen molar-refractivity contribution in [1.82, 2.24) is 0 Å². The lowest BCUT2D eigenvalue weighted by molar-refractivity contribution is 0.242. The Balaban J connectivity index is 1.94. The molecule has 0 aliphatic heterocycles. The Kier molecular flexibility index (Phi) is 5.22. The van der Waals surface area contributed by atoms with Gasteiger partial charge in [0.25, 0.3) is 0 Å². The van der Waals surface area contributed by atoms with Gasteiger partial charge >= 0.3 is 0 Å². The van der Waals surface area contributed by atoms with Crippen molar-refractivity contribution in [3.63, 3.8) is 0 Å². The maximum Gasteiger partial charge on any atom is 0.120 e. The highest BCUT2D eigenvalue weighted by Crippen LogP contribution is 2.17. The first-order valence-corrected chi connectivity index (χ1v) is 7.13. The molecule has 2 aromatic rings. The third-order valence-electron chi connectivity index (χ3n) is 3.00. The van der Waals surface area contributed by atoms with E-state index in [2.05, 4.69) is 23.5 Å². The molecule has 1 N–H and O–H groups in total. The maximum atomic E-state index is 8.65. The van der Waals surface area contributed by atoms with Gasteiger partial charge in [0.15, 0.2) is 0 Å². The number of rotatable bonds is 6. The average molecular weight is 280 g/mol. The molecule has 0 saturated carbocycles. The molecule has 21 heavy (non-hydrogen) atoms. The van der Waals surface area contributed by atoms with Crippen molar-refractivity contribution in [2.75, 3.05) is 5.32 Å². The number of nitrogens with one attached hydrogen (secondary N) is 1. The zero-order valence-electron chi connectivity index (χ0n) is 12.5. The fourth-order valence-corrected chi connectivity index (χ4v) is 2.04. The SMILES string of the molecule is CC(C)Oc1cccc(CNc2ccc(CC#N)cc2)c1. The summed E-state index contributed by atoms with van der Waals surface area (Å²) < 4.78 is 5.69. The number of ether oxygens (including phenoxy) is 1. The van der Waals surface area contributed by atoms with Crippen molar-refractivity contribution >= 4 is 5.69 Å². The minimum absolute atomic E-state index is 0.181. The first-order valence-electron chi connectivity index (χ1n) is 7.13. The van der Waals surface area contributed by atoms with Gasteiger partial charge in [-0.25, -0.2) is 0 Å². The fraction of sp³-hybridized carbons (Fsp3) is 0.278. The lowest BCUT2D eigenvalue weighted by atomic mass is 10.1. The molecule has 0 unspecified atom stereocenters. The number of nitriles is 1. The van der Waals surface area contributed by atoms with Crippen LogP contribution >= 0.6 is 0 Å². The summed E-state index contributed by atoms with van der Waals surface area (Å²) in [5, 5.41) is 12.0. The van der Waals surface area contributed by atoms with E-state index < -0.39 is 0 Å². The van der Waals surface area contributed by atoms with Crippen LogP contribution in [0.4, 0.5) is 5.69 Å². The molecule has 0 atom stereocenters. The summed E-state index contributed by atoms with van der Waals surface area (Å²) in [6, 6.07) is 18.2. The topological polar surface area (TPSA) is 45.0 Å². The molecule has 0 spiro atoms. The first kappa shape index (κ1) is 14.9. The van der Waals surface area contributed by atoms with E-state index in [0.29, 0.717) is 6.42 Å². The summed E-state index contributed by atoms with van der Waals surface area (Å²) in [7, 11) is 0. The fourth-order valence-electron chi connectivity index (χ4n) is 2.04. The predicted octanol–water partition coefficient (Wildman–Crippen LogP) is 4.15. The summed E-state index contributed by atoms with van der Waals surface area (Å²) in [5.74, 6) is 0.897. The summed E-state index contributed by atoms with van der Waals surface area (Å²) in [6.07, 6.45) is 0.635. The van der Waals surface area contributed by atoms with Crippen LogP contribution < -0.4 is 10.1 Å². The zero-order valence-corrected chi connectivity index (χ0v) is 12.5. The normalized spacial score (nSPS) is 10.2. The summed E-state index contributed by atoms with van der Waals surface area (Å²) >= 11 is 0. The van der Waals surface area contributed by atoms with Crippen LogP contribution in [0.25, 0.3) is 0 Å². The number of hydrogen-bond acceptors (Lipinski definition) is 3. The van der Waals surface area contributed by atoms with E-state index in [1.165, 1.54) is 5.56 Å². The maximum absolute atomic E-state index is 8.65. The van der Waals surface area contributed by atoms with Crippen LogP contribution in [0, 0.1) is 11.3 Å². The van der Waals surface area contributed by atoms with Crippen LogP contribution in [0.5, 0.6) is 5.75 Å². The highest BCUT2D eigenvalue weighted by atomic mass is 16.5. The Morgan fingerprint density at radius 2 is 1.86 bits per heavy atom. The Morgan fingerprint density at radius 3 is 2.52 bits per heavy atom. The number of hydrogen-bond donors (Lipinski definition) is 1. The molecule has 0 aliphatic carbocycles. The van der Waals surface area contributed by atoms with Gasteiger partial charge in [-0.3, -0.25) is 0 Å². The Bertz CT molecular complexity index is 612. The van der Waals surface area contributed by atoms with Crippen LogP contribution in [0.2, 0.25) is 0 Å². The van der Waals surface area contributed by atoms with Gasteiger partial charge < -0.3 is 10.1 Å². The van der Waals surface area contributed by atoms with Crippen molar-refractivity contribution < 1.29 is 4.74 Å². The molecular weight excluding hydrogens is 260 g/mol. The molecule has 3 heteroatoms. The summed E-state index contributed by atoms with van der Waals surface area (Å²) in [5.41, 5.74) is 3.26. The minimum atomic E-state index is 0.181. The van der Waals surface area contributed by atoms with Crippen molar-refractivity contribution in [1.29, 1.82) is 5.26 Å². The van der Waals surface area contributed by atoms with Gasteiger partial charge in [-0.05, 0) is 49.2 Å². The average Bonchev–Trinajstić information content (AvgIpc) is 2.47. The van der Waals surface area contributed by atoms with Gasteiger partial charge in [-0.2, -0.15) is 5.26 Å². The van der Waals surface area contributed by atoms with Gasteiger partial charge in [0.05, 0.1) is 18.6 Å². The molecule has 0 heterocycles. The molecule has 0 radical (unpaired) electrons. The van der Waals surface area contributed by atoms with Crippen LogP contribution in [-0.4, -0.2) is 6.10 Å². The van der Waals surface area contributed by atoms with Gasteiger partial charge in [0.2, 0.25) is 0 Å². The van der Waals surface area contributed by atoms with Crippen molar-refractivity contribution in [3.8, 4) is 11.8 Å². The van der Waals surface area contributed by atoms with Crippen molar-refractivity contribution in [2.24, 2.45) is 0 Å². The van der Waals surface area contributed by atoms with E-state index in [9.17, 15) is 0 Å². The van der Waals surface area contributed by atoms with Crippen LogP contribution in [-0.2, 0) is 13.0 Å². The van der Waals surface area contributed by atoms with E-state index in [1.54, 1.807) is 0 Å². The Labute approximate surface area is 126 Å². The monoisotopic (exact) mass is 280 g/mol. The van der Waals surface area contributed by atoms with E-state index in [-0.39, 0.29) is 6.10 Å². The van der Waals surface area contributed by atoms with E-state index in [0.717, 1.165) is 23.5 Å². The summed E-state index contributed by atoms with van der Waals surface area (Å²) in [6.45, 7) is 4.79. The molecule has 0 amide bonds. The third-order valence-corrected chi connectivity index (χ3v) is 3.00. The van der Waals surface area contributed by atoms with Crippen molar-refractivity contribution in [2.45, 2.75) is 32.9 Å². The first-order chi connectivity index (χ1) is 10.2. The number of nitrogens with zero attached hydrogens (tertiary/aromatic N) is 1. The molecule has 0 bridgehead atoms. The number of anilines is 1. The van der Waals surface area contributed by atoms with Gasteiger partial charge in [-0.15, -0.1) is 0 Å². The van der Waals surface area contributed by atoms with Crippen LogP contribution in [0.1, 0.15) is 25.0 Å². The molecule has 0 aliphatic rings. The van der Waals surface area contributed by atoms with E-state index in [4.69, 9.17) is 10.00 Å². The van der Waals surface area contributed by atoms with Gasteiger partial charge in [0.1, 0.15) is 5.75 Å². The number of benzene rings is 2. The largest absolute Gasteiger partial charge is 0.491 e. The lowest BCUT2D eigenvalue weighted by Crippen LogP contribution is -2.06. The lowest BCUT2D eigenvalue weighted by Gasteiger charge is -2.12. The van der Waals surface area contributed by atoms with Gasteiger partial charge in [-0.1, -0.05) is 24.3 Å². The molecule has 2 aromatic carbocycles. The smallest absolute Gasteiger partial charge is 0.120 e. The quantitative estimate of drug-likeness (QED) is 0.864. The second-order valence-corrected chi connectivity index (χ2v) is 5.20. The Morgan fingerprint density at radius 1 is 1.10 bits per heavy atom. The third kappa shape index (κ3) is 4.85. The molecule has 108 valence electrons. The van der Waals surface area contributed by atoms with E-state index >= 15 is 0 Å². The molecule has 0 saturated heterocycles. The highest BCUT2D eigenvalue weighted by Gasteiger charge is 2.00. The van der Waals surface area contributed by atoms with Crippen LogP contribution in [0.15, 0.2) is 48.5 Å². The second kappa shape index (κ2) is 7.35. The minimum Gasteiger partial charge on any atom is -0.491 e. The predicted molar refractivity (Wildman–Crippen MR) is 85.3 cm³/mol. The molecular formula is C18H20N2O. The molecule has 0 fully saturated rings. The molecule has 3 nitrogen and oxygen atoms in total. The second-order valence-electron chi connectivity index (χ2n) is 5.20. The Hall–Kier alpha value is -2.47. The molecule has 0 aromatic heterocycles.